The highest BCUT2D eigenvalue weighted by molar-refractivity contribution is 6.30. The van der Waals surface area contributed by atoms with Crippen LogP contribution in [0, 0.1) is 6.92 Å². The van der Waals surface area contributed by atoms with Gasteiger partial charge in [-0.15, -0.1) is 0 Å². The Hall–Kier alpha value is -3.31. The Morgan fingerprint density at radius 1 is 1.13 bits per heavy atom. The SMILES string of the molecule is COc1ccc(C)cc1NC(=O)CCc1c(-c2ccc(Cl)cc2)nc2ccccn12. The Kier molecular flexibility index (Phi) is 5.72. The first-order valence-corrected chi connectivity index (χ1v) is 10.1. The topological polar surface area (TPSA) is 55.6 Å². The average molecular weight is 420 g/mol. The molecule has 4 aromatic rings. The smallest absolute Gasteiger partial charge is 0.224 e. The maximum absolute atomic E-state index is 12.7. The molecule has 0 aliphatic heterocycles. The van der Waals surface area contributed by atoms with Gasteiger partial charge in [-0.25, -0.2) is 4.98 Å². The Morgan fingerprint density at radius 3 is 2.70 bits per heavy atom. The zero-order valence-electron chi connectivity index (χ0n) is 16.9. The number of aryl methyl sites for hydroxylation is 2. The molecule has 0 bridgehead atoms. The summed E-state index contributed by atoms with van der Waals surface area (Å²) in [4.78, 5) is 17.5. The van der Waals surface area contributed by atoms with Crippen molar-refractivity contribution >= 4 is 28.8 Å². The van der Waals surface area contributed by atoms with Crippen LogP contribution in [0.5, 0.6) is 5.75 Å². The quantitative estimate of drug-likeness (QED) is 0.446. The van der Waals surface area contributed by atoms with Gasteiger partial charge in [-0.3, -0.25) is 4.79 Å². The van der Waals surface area contributed by atoms with Crippen molar-refractivity contribution in [3.8, 4) is 17.0 Å². The summed E-state index contributed by atoms with van der Waals surface area (Å²) in [7, 11) is 1.59. The standard InChI is InChI=1S/C24H22ClN3O2/c1-16-6-12-21(30-2)19(15-16)26-23(29)13-11-20-24(17-7-9-18(25)10-8-17)27-22-5-3-4-14-28(20)22/h3-10,12,14-15H,11,13H2,1-2H3,(H,26,29). The molecule has 0 atom stereocenters. The number of carbonyl (C=O) groups is 1. The summed E-state index contributed by atoms with van der Waals surface area (Å²) in [5.41, 5.74) is 5.40. The number of pyridine rings is 1. The first kappa shape index (κ1) is 20.0. The number of nitrogens with zero attached hydrogens (tertiary/aromatic N) is 2. The molecule has 1 N–H and O–H groups in total. The largest absolute Gasteiger partial charge is 0.495 e. The first-order chi connectivity index (χ1) is 14.5. The molecule has 0 fully saturated rings. The van der Waals surface area contributed by atoms with E-state index in [0.717, 1.165) is 28.2 Å². The lowest BCUT2D eigenvalue weighted by Crippen LogP contribution is -2.14. The van der Waals surface area contributed by atoms with E-state index in [4.69, 9.17) is 21.3 Å². The van der Waals surface area contributed by atoms with E-state index in [1.807, 2.05) is 78.2 Å². The lowest BCUT2D eigenvalue weighted by molar-refractivity contribution is -0.116. The maximum atomic E-state index is 12.7. The third kappa shape index (κ3) is 4.16. The minimum atomic E-state index is -0.0770. The van der Waals surface area contributed by atoms with Crippen molar-refractivity contribution in [1.29, 1.82) is 0 Å². The highest BCUT2D eigenvalue weighted by atomic mass is 35.5. The van der Waals surface area contributed by atoms with E-state index in [9.17, 15) is 4.79 Å². The Morgan fingerprint density at radius 2 is 1.93 bits per heavy atom. The molecule has 152 valence electrons. The zero-order chi connectivity index (χ0) is 21.1. The van der Waals surface area contributed by atoms with Crippen LogP contribution in [-0.2, 0) is 11.2 Å². The zero-order valence-corrected chi connectivity index (χ0v) is 17.6. The Bertz CT molecular complexity index is 1200. The minimum absolute atomic E-state index is 0.0770. The van der Waals surface area contributed by atoms with E-state index in [1.54, 1.807) is 7.11 Å². The second-order valence-electron chi connectivity index (χ2n) is 7.09. The van der Waals surface area contributed by atoms with Crippen molar-refractivity contribution in [3.05, 3.63) is 83.1 Å². The molecule has 6 heteroatoms. The number of amides is 1. The molecule has 0 aliphatic rings. The van der Waals surface area contributed by atoms with Gasteiger partial charge in [0.05, 0.1) is 24.2 Å². The molecule has 30 heavy (non-hydrogen) atoms. The summed E-state index contributed by atoms with van der Waals surface area (Å²) in [5, 5.41) is 3.64. The number of rotatable bonds is 6. The minimum Gasteiger partial charge on any atom is -0.495 e. The van der Waals surface area contributed by atoms with Gasteiger partial charge in [0.25, 0.3) is 0 Å². The number of ether oxygens (including phenoxy) is 1. The number of carbonyl (C=O) groups excluding carboxylic acids is 1. The molecule has 1 amide bonds. The van der Waals surface area contributed by atoms with Crippen LogP contribution in [-0.4, -0.2) is 22.4 Å². The number of hydrogen-bond donors (Lipinski definition) is 1. The fraction of sp³-hybridized carbons (Fsp3) is 0.167. The Balaban J connectivity index is 1.59. The molecule has 0 spiro atoms. The molecule has 0 aliphatic carbocycles. The Labute approximate surface area is 180 Å². The molecule has 5 nitrogen and oxygen atoms in total. The molecule has 2 aromatic carbocycles. The van der Waals surface area contributed by atoms with Crippen LogP contribution in [0.2, 0.25) is 5.02 Å². The predicted molar refractivity (Wildman–Crippen MR) is 120 cm³/mol. The summed E-state index contributed by atoms with van der Waals surface area (Å²) < 4.78 is 7.39. The molecule has 0 saturated carbocycles. The summed E-state index contributed by atoms with van der Waals surface area (Å²) in [6.45, 7) is 1.98. The number of fused-ring (bicyclic) bond motifs is 1. The van der Waals surface area contributed by atoms with E-state index in [-0.39, 0.29) is 5.91 Å². The van der Waals surface area contributed by atoms with Gasteiger partial charge in [-0.2, -0.15) is 0 Å². The van der Waals surface area contributed by atoms with Crippen LogP contribution in [0.3, 0.4) is 0 Å². The van der Waals surface area contributed by atoms with Gasteiger partial charge in [0, 0.05) is 23.2 Å². The van der Waals surface area contributed by atoms with E-state index in [2.05, 4.69) is 5.32 Å². The molecule has 2 aromatic heterocycles. The van der Waals surface area contributed by atoms with E-state index >= 15 is 0 Å². The summed E-state index contributed by atoms with van der Waals surface area (Å²) >= 11 is 6.04. The van der Waals surface area contributed by atoms with Crippen molar-refractivity contribution in [3.63, 3.8) is 0 Å². The number of imidazole rings is 1. The van der Waals surface area contributed by atoms with Crippen molar-refractivity contribution < 1.29 is 9.53 Å². The predicted octanol–water partition coefficient (Wildman–Crippen LogP) is 5.54. The fourth-order valence-corrected chi connectivity index (χ4v) is 3.61. The van der Waals surface area contributed by atoms with Crippen LogP contribution < -0.4 is 10.1 Å². The van der Waals surface area contributed by atoms with Gasteiger partial charge in [-0.1, -0.05) is 35.9 Å². The third-order valence-electron chi connectivity index (χ3n) is 4.96. The number of methoxy groups -OCH3 is 1. The third-order valence-corrected chi connectivity index (χ3v) is 5.22. The highest BCUT2D eigenvalue weighted by Gasteiger charge is 2.16. The molecule has 0 unspecified atom stereocenters. The summed E-state index contributed by atoms with van der Waals surface area (Å²) in [5.74, 6) is 0.567. The number of nitrogens with one attached hydrogen (secondary N) is 1. The first-order valence-electron chi connectivity index (χ1n) is 9.71. The average Bonchev–Trinajstić information content (AvgIpc) is 3.11. The lowest BCUT2D eigenvalue weighted by atomic mass is 10.1. The van der Waals surface area contributed by atoms with Crippen LogP contribution in [0.15, 0.2) is 66.9 Å². The van der Waals surface area contributed by atoms with Gasteiger partial charge in [-0.05, 0) is 55.3 Å². The number of hydrogen-bond acceptors (Lipinski definition) is 3. The van der Waals surface area contributed by atoms with Gasteiger partial charge >= 0.3 is 0 Å². The second-order valence-corrected chi connectivity index (χ2v) is 7.53. The van der Waals surface area contributed by atoms with E-state index < -0.39 is 0 Å². The molecule has 2 heterocycles. The molecule has 4 rings (SSSR count). The van der Waals surface area contributed by atoms with Gasteiger partial charge in [0.15, 0.2) is 0 Å². The van der Waals surface area contributed by atoms with Crippen molar-refractivity contribution in [1.82, 2.24) is 9.38 Å². The second kappa shape index (κ2) is 8.59. The molecule has 0 saturated heterocycles. The van der Waals surface area contributed by atoms with Crippen LogP contribution in [0.4, 0.5) is 5.69 Å². The van der Waals surface area contributed by atoms with Crippen LogP contribution >= 0.6 is 11.6 Å². The number of anilines is 1. The van der Waals surface area contributed by atoms with Gasteiger partial charge in [0.2, 0.25) is 5.91 Å². The van der Waals surface area contributed by atoms with Gasteiger partial charge in [0.1, 0.15) is 11.4 Å². The van der Waals surface area contributed by atoms with Crippen LogP contribution in [0.1, 0.15) is 17.7 Å². The van der Waals surface area contributed by atoms with E-state index in [1.165, 1.54) is 0 Å². The summed E-state index contributed by atoms with van der Waals surface area (Å²) in [6, 6.07) is 19.2. The van der Waals surface area contributed by atoms with E-state index in [0.29, 0.717) is 29.3 Å². The molecule has 0 radical (unpaired) electrons. The molecular weight excluding hydrogens is 398 g/mol. The number of aromatic nitrogens is 2. The lowest BCUT2D eigenvalue weighted by Gasteiger charge is -2.11. The number of benzene rings is 2. The van der Waals surface area contributed by atoms with Gasteiger partial charge < -0.3 is 14.5 Å². The normalized spacial score (nSPS) is 10.9. The fourth-order valence-electron chi connectivity index (χ4n) is 3.49. The van der Waals surface area contributed by atoms with Crippen molar-refractivity contribution in [2.75, 3.05) is 12.4 Å². The van der Waals surface area contributed by atoms with Crippen LogP contribution in [0.25, 0.3) is 16.9 Å². The van der Waals surface area contributed by atoms with Crippen molar-refractivity contribution in [2.45, 2.75) is 19.8 Å². The highest BCUT2D eigenvalue weighted by Crippen LogP contribution is 2.28. The monoisotopic (exact) mass is 419 g/mol. The maximum Gasteiger partial charge on any atom is 0.224 e. The van der Waals surface area contributed by atoms with Crippen molar-refractivity contribution in [2.24, 2.45) is 0 Å². The molecular formula is C24H22ClN3O2. The number of halogens is 1. The summed E-state index contributed by atoms with van der Waals surface area (Å²) in [6.07, 6.45) is 2.84.